The molecular formula is C40H42N4O4S. The largest absolute Gasteiger partial charge is 0.493 e. The van der Waals surface area contributed by atoms with Gasteiger partial charge in [0.2, 0.25) is 11.8 Å². The highest BCUT2D eigenvalue weighted by atomic mass is 32.1. The third-order valence-electron chi connectivity index (χ3n) is 8.47. The van der Waals surface area contributed by atoms with Crippen LogP contribution in [-0.2, 0) is 24.4 Å². The molecule has 1 aliphatic rings. The number of carbonyl (C=O) groups excluding carboxylic acids is 1. The highest BCUT2D eigenvalue weighted by molar-refractivity contribution is 7.09. The summed E-state index contributed by atoms with van der Waals surface area (Å²) in [6.45, 7) is 11.2. The van der Waals surface area contributed by atoms with Crippen LogP contribution in [0.5, 0.6) is 23.1 Å². The van der Waals surface area contributed by atoms with Crippen LogP contribution in [0.2, 0.25) is 0 Å². The fourth-order valence-corrected chi connectivity index (χ4v) is 6.22. The van der Waals surface area contributed by atoms with Crippen molar-refractivity contribution in [1.82, 2.24) is 19.8 Å². The summed E-state index contributed by atoms with van der Waals surface area (Å²) in [5.41, 5.74) is 8.46. The van der Waals surface area contributed by atoms with E-state index in [4.69, 9.17) is 14.2 Å². The van der Waals surface area contributed by atoms with Crippen LogP contribution >= 0.6 is 11.3 Å². The molecule has 0 bridgehead atoms. The summed E-state index contributed by atoms with van der Waals surface area (Å²) >= 11 is 1.55. The molecule has 1 aliphatic heterocycles. The molecule has 49 heavy (non-hydrogen) atoms. The Labute approximate surface area is 292 Å². The number of hydrogen-bond acceptors (Lipinski definition) is 8. The number of piperazine rings is 1. The van der Waals surface area contributed by atoms with E-state index < -0.39 is 0 Å². The lowest BCUT2D eigenvalue weighted by Gasteiger charge is -2.34. The summed E-state index contributed by atoms with van der Waals surface area (Å²) < 4.78 is 17.8. The lowest BCUT2D eigenvalue weighted by atomic mass is 10.1. The Morgan fingerprint density at radius 2 is 1.55 bits per heavy atom. The van der Waals surface area contributed by atoms with E-state index >= 15 is 0 Å². The molecule has 2 aromatic heterocycles. The van der Waals surface area contributed by atoms with Crippen molar-refractivity contribution in [2.75, 3.05) is 32.8 Å². The number of carbonyl (C=O) groups is 1. The first-order chi connectivity index (χ1) is 23.9. The van der Waals surface area contributed by atoms with E-state index in [1.807, 2.05) is 55.2 Å². The van der Waals surface area contributed by atoms with E-state index in [9.17, 15) is 4.79 Å². The Hall–Kier alpha value is -4.99. The van der Waals surface area contributed by atoms with Crippen LogP contribution in [0.4, 0.5) is 0 Å². The maximum atomic E-state index is 13.0. The first-order valence-electron chi connectivity index (χ1n) is 16.6. The van der Waals surface area contributed by atoms with Gasteiger partial charge in [-0.05, 0) is 85.0 Å². The predicted molar refractivity (Wildman–Crippen MR) is 194 cm³/mol. The van der Waals surface area contributed by atoms with Crippen molar-refractivity contribution in [3.8, 4) is 23.1 Å². The first-order valence-corrected chi connectivity index (χ1v) is 17.5. The Morgan fingerprint density at radius 1 is 0.837 bits per heavy atom. The number of amides is 1. The number of rotatable bonds is 13. The van der Waals surface area contributed by atoms with Crippen LogP contribution < -0.4 is 14.2 Å². The van der Waals surface area contributed by atoms with Crippen LogP contribution in [0, 0.1) is 20.8 Å². The smallest absolute Gasteiger partial charge is 0.246 e. The molecule has 0 aliphatic carbocycles. The number of thiazole rings is 1. The molecule has 0 spiro atoms. The molecule has 3 heterocycles. The average molecular weight is 675 g/mol. The second-order valence-electron chi connectivity index (χ2n) is 12.3. The summed E-state index contributed by atoms with van der Waals surface area (Å²) in [5, 5.41) is 0. The maximum Gasteiger partial charge on any atom is 0.246 e. The molecule has 0 atom stereocenters. The zero-order valence-electron chi connectivity index (χ0n) is 28.3. The number of aromatic nitrogens is 2. The second-order valence-corrected chi connectivity index (χ2v) is 13.3. The van der Waals surface area contributed by atoms with Gasteiger partial charge >= 0.3 is 0 Å². The van der Waals surface area contributed by atoms with Crippen molar-refractivity contribution >= 4 is 23.3 Å². The summed E-state index contributed by atoms with van der Waals surface area (Å²) in [5.74, 6) is 2.86. The molecule has 9 heteroatoms. The number of nitrogens with zero attached hydrogens (tertiary/aromatic N) is 4. The third kappa shape index (κ3) is 9.78. The van der Waals surface area contributed by atoms with E-state index in [2.05, 4.69) is 58.2 Å². The molecule has 1 fully saturated rings. The van der Waals surface area contributed by atoms with Gasteiger partial charge in [0.15, 0.2) is 0 Å². The summed E-state index contributed by atoms with van der Waals surface area (Å²) in [6.07, 6.45) is 7.90. The molecule has 0 saturated carbocycles. The van der Waals surface area contributed by atoms with E-state index in [1.165, 1.54) is 16.7 Å². The highest BCUT2D eigenvalue weighted by Crippen LogP contribution is 2.30. The monoisotopic (exact) mass is 674 g/mol. The summed E-state index contributed by atoms with van der Waals surface area (Å²) in [7, 11) is 0. The van der Waals surface area contributed by atoms with E-state index in [-0.39, 0.29) is 5.91 Å². The minimum absolute atomic E-state index is 0.0364. The minimum atomic E-state index is 0.0364. The molecule has 0 N–H and O–H groups in total. The molecule has 1 saturated heterocycles. The Balaban J connectivity index is 0.933. The van der Waals surface area contributed by atoms with E-state index in [1.54, 1.807) is 41.4 Å². The van der Waals surface area contributed by atoms with Crippen LogP contribution in [0.1, 0.15) is 38.3 Å². The van der Waals surface area contributed by atoms with Crippen molar-refractivity contribution in [3.05, 3.63) is 135 Å². The van der Waals surface area contributed by atoms with Gasteiger partial charge in [0.25, 0.3) is 0 Å². The van der Waals surface area contributed by atoms with Crippen LogP contribution in [-0.4, -0.2) is 58.5 Å². The summed E-state index contributed by atoms with van der Waals surface area (Å²) in [4.78, 5) is 26.9. The zero-order chi connectivity index (χ0) is 34.0. The Kier molecular flexibility index (Phi) is 11.4. The van der Waals surface area contributed by atoms with Crippen LogP contribution in [0.15, 0.2) is 96.8 Å². The molecule has 252 valence electrons. The summed E-state index contributed by atoms with van der Waals surface area (Å²) in [6, 6.07) is 24.7. The van der Waals surface area contributed by atoms with Crippen molar-refractivity contribution in [2.24, 2.45) is 0 Å². The number of ether oxygens (including phenoxy) is 3. The van der Waals surface area contributed by atoms with E-state index in [0.717, 1.165) is 59.1 Å². The van der Waals surface area contributed by atoms with Gasteiger partial charge in [-0.3, -0.25) is 14.7 Å². The SMILES string of the molecule is Cc1ccc(OCCc2ccc(CN3CCN(C(=O)C=Cc4cc(C)c(Oc5ccc(OCc6cncs6)cn5)c(C)c4)CC3)cc2)cc1. The van der Waals surface area contributed by atoms with Gasteiger partial charge in [-0.1, -0.05) is 42.0 Å². The molecule has 1 amide bonds. The normalized spacial score (nSPS) is 13.5. The van der Waals surface area contributed by atoms with Gasteiger partial charge in [0.05, 0.1) is 23.2 Å². The number of pyridine rings is 1. The molecule has 0 radical (unpaired) electrons. The average Bonchev–Trinajstić information content (AvgIpc) is 3.64. The van der Waals surface area contributed by atoms with Crippen molar-refractivity contribution in [3.63, 3.8) is 0 Å². The fraction of sp³-hybridized carbons (Fsp3) is 0.275. The molecule has 3 aromatic carbocycles. The number of aryl methyl sites for hydroxylation is 3. The zero-order valence-corrected chi connectivity index (χ0v) is 29.1. The van der Waals surface area contributed by atoms with Gasteiger partial charge in [0, 0.05) is 57.5 Å². The van der Waals surface area contributed by atoms with E-state index in [0.29, 0.717) is 37.9 Å². The molecule has 6 rings (SSSR count). The molecule has 5 aromatic rings. The third-order valence-corrected chi connectivity index (χ3v) is 9.23. The molecule has 0 unspecified atom stereocenters. The van der Waals surface area contributed by atoms with Gasteiger partial charge < -0.3 is 19.1 Å². The lowest BCUT2D eigenvalue weighted by molar-refractivity contribution is -0.127. The van der Waals surface area contributed by atoms with Crippen LogP contribution in [0.25, 0.3) is 6.08 Å². The lowest BCUT2D eigenvalue weighted by Crippen LogP contribution is -2.47. The van der Waals surface area contributed by atoms with Gasteiger partial charge in [-0.25, -0.2) is 4.98 Å². The van der Waals surface area contributed by atoms with Crippen molar-refractivity contribution in [2.45, 2.75) is 40.3 Å². The molecule has 8 nitrogen and oxygen atoms in total. The molecular weight excluding hydrogens is 633 g/mol. The second kappa shape index (κ2) is 16.4. The van der Waals surface area contributed by atoms with Crippen molar-refractivity contribution in [1.29, 1.82) is 0 Å². The van der Waals surface area contributed by atoms with Crippen molar-refractivity contribution < 1.29 is 19.0 Å². The standard InChI is InChI=1S/C40H42N4O4S/c1-29-4-11-35(12-5-29)46-21-16-32-6-8-33(9-7-32)26-43-17-19-44(20-18-43)39(45)15-10-34-22-30(2)40(31(3)23-34)48-38-14-13-36(24-42-38)47-27-37-25-41-28-49-37/h4-15,22-25,28H,16-21,26-27H2,1-3H3. The van der Waals surface area contributed by atoms with Gasteiger partial charge in [-0.15, -0.1) is 11.3 Å². The quantitative estimate of drug-likeness (QED) is 0.118. The topological polar surface area (TPSA) is 77.0 Å². The Morgan fingerprint density at radius 3 is 2.22 bits per heavy atom. The van der Waals surface area contributed by atoms with Crippen LogP contribution in [0.3, 0.4) is 0 Å². The predicted octanol–water partition coefficient (Wildman–Crippen LogP) is 7.81. The Bertz CT molecular complexity index is 1810. The minimum Gasteiger partial charge on any atom is -0.493 e. The number of hydrogen-bond donors (Lipinski definition) is 0. The fourth-order valence-electron chi connectivity index (χ4n) is 5.72. The van der Waals surface area contributed by atoms with Gasteiger partial charge in [0.1, 0.15) is 23.9 Å². The number of benzene rings is 3. The highest BCUT2D eigenvalue weighted by Gasteiger charge is 2.20. The maximum absolute atomic E-state index is 13.0. The first kappa shape index (κ1) is 33.9. The van der Waals surface area contributed by atoms with Gasteiger partial charge in [-0.2, -0.15) is 0 Å².